The molecular formula is C14H17N3O. The molecular weight excluding hydrogens is 226 g/mol. The van der Waals surface area contributed by atoms with E-state index in [9.17, 15) is 4.79 Å². The van der Waals surface area contributed by atoms with Crippen molar-refractivity contribution >= 4 is 18.7 Å². The summed E-state index contributed by atoms with van der Waals surface area (Å²) in [5.74, 6) is 0. The molecule has 1 aliphatic rings. The molecule has 0 spiro atoms. The highest BCUT2D eigenvalue weighted by atomic mass is 16.1. The number of rotatable bonds is 4. The first kappa shape index (κ1) is 12.4. The van der Waals surface area contributed by atoms with Crippen molar-refractivity contribution in [1.82, 2.24) is 9.91 Å². The molecule has 0 atom stereocenters. The maximum absolute atomic E-state index is 11.2. The monoisotopic (exact) mass is 243 g/mol. The molecule has 0 fully saturated rings. The Labute approximate surface area is 107 Å². The number of aldehydes is 1. The molecule has 0 saturated heterocycles. The van der Waals surface area contributed by atoms with Crippen molar-refractivity contribution in [3.05, 3.63) is 41.1 Å². The fourth-order valence-electron chi connectivity index (χ4n) is 1.83. The van der Waals surface area contributed by atoms with Crippen LogP contribution in [0.4, 0.5) is 0 Å². The van der Waals surface area contributed by atoms with E-state index in [1.165, 1.54) is 5.56 Å². The maximum Gasteiger partial charge on any atom is 0.168 e. The Morgan fingerprint density at radius 2 is 2.33 bits per heavy atom. The van der Waals surface area contributed by atoms with E-state index in [0.717, 1.165) is 18.3 Å². The summed E-state index contributed by atoms with van der Waals surface area (Å²) in [6.45, 7) is 2.72. The number of nitrogens with zero attached hydrogens (tertiary/aromatic N) is 3. The van der Waals surface area contributed by atoms with E-state index >= 15 is 0 Å². The molecule has 0 radical (unpaired) electrons. The lowest BCUT2D eigenvalue weighted by atomic mass is 10.1. The van der Waals surface area contributed by atoms with Crippen molar-refractivity contribution < 1.29 is 4.79 Å². The van der Waals surface area contributed by atoms with Gasteiger partial charge >= 0.3 is 0 Å². The van der Waals surface area contributed by atoms with Gasteiger partial charge in [0.05, 0.1) is 0 Å². The number of allylic oxidation sites excluding steroid dienone is 1. The summed E-state index contributed by atoms with van der Waals surface area (Å²) in [4.78, 5) is 13.1. The van der Waals surface area contributed by atoms with Gasteiger partial charge in [0.25, 0.3) is 0 Å². The molecule has 0 bridgehead atoms. The molecule has 2 rings (SSSR count). The van der Waals surface area contributed by atoms with Crippen LogP contribution in [0.3, 0.4) is 0 Å². The van der Waals surface area contributed by atoms with E-state index in [-0.39, 0.29) is 0 Å². The predicted octanol–water partition coefficient (Wildman–Crippen LogP) is 1.94. The highest BCUT2D eigenvalue weighted by molar-refractivity contribution is 5.81. The number of hydrogen-bond donors (Lipinski definition) is 0. The van der Waals surface area contributed by atoms with Gasteiger partial charge in [-0.05, 0) is 23.6 Å². The highest BCUT2D eigenvalue weighted by Crippen LogP contribution is 2.14. The molecule has 4 heteroatoms. The largest absolute Gasteiger partial charge is 0.345 e. The third-order valence-electron chi connectivity index (χ3n) is 2.84. The van der Waals surface area contributed by atoms with Gasteiger partial charge in [0.1, 0.15) is 18.7 Å². The zero-order chi connectivity index (χ0) is 13.0. The van der Waals surface area contributed by atoms with Gasteiger partial charge in [-0.1, -0.05) is 31.2 Å². The van der Waals surface area contributed by atoms with Gasteiger partial charge in [-0.3, -0.25) is 4.79 Å². The average molecular weight is 243 g/mol. The van der Waals surface area contributed by atoms with Crippen LogP contribution in [-0.2, 0) is 11.2 Å². The summed E-state index contributed by atoms with van der Waals surface area (Å²) in [6.07, 6.45) is 5.40. The second-order valence-electron chi connectivity index (χ2n) is 4.31. The van der Waals surface area contributed by atoms with Crippen LogP contribution in [0.1, 0.15) is 18.1 Å². The average Bonchev–Trinajstić information content (AvgIpc) is 2.82. The molecule has 1 aromatic carbocycles. The first-order valence-electron chi connectivity index (χ1n) is 6.00. The fraction of sp³-hybridized carbons (Fsp3) is 0.286. The number of carbonyl (C=O) groups is 1. The van der Waals surface area contributed by atoms with Crippen LogP contribution < -0.4 is 0 Å². The maximum atomic E-state index is 11.2. The topological polar surface area (TPSA) is 35.9 Å². The second kappa shape index (κ2) is 5.49. The smallest absolute Gasteiger partial charge is 0.168 e. The molecule has 0 N–H and O–H groups in total. The number of carbonyl (C=O) groups excluding carboxylic acids is 1. The Kier molecular flexibility index (Phi) is 3.77. The van der Waals surface area contributed by atoms with Gasteiger partial charge in [-0.25, -0.2) is 5.01 Å². The van der Waals surface area contributed by atoms with Gasteiger partial charge in [-0.15, -0.1) is 0 Å². The van der Waals surface area contributed by atoms with Crippen molar-refractivity contribution in [2.24, 2.45) is 5.10 Å². The van der Waals surface area contributed by atoms with E-state index in [0.29, 0.717) is 12.4 Å². The van der Waals surface area contributed by atoms with Crippen molar-refractivity contribution in [2.45, 2.75) is 13.3 Å². The van der Waals surface area contributed by atoms with Gasteiger partial charge in [0.2, 0.25) is 0 Å². The van der Waals surface area contributed by atoms with Crippen molar-refractivity contribution in [2.75, 3.05) is 13.7 Å². The SMILES string of the molecule is CCc1cccc(/C=C(/C=O)N2CN(C)C=N2)c1. The zero-order valence-electron chi connectivity index (χ0n) is 10.7. The van der Waals surface area contributed by atoms with Gasteiger partial charge in [0.15, 0.2) is 6.29 Å². The summed E-state index contributed by atoms with van der Waals surface area (Å²) in [7, 11) is 1.92. The van der Waals surface area contributed by atoms with Crippen LogP contribution in [0.25, 0.3) is 6.08 Å². The highest BCUT2D eigenvalue weighted by Gasteiger charge is 2.14. The van der Waals surface area contributed by atoms with Crippen LogP contribution >= 0.6 is 0 Å². The molecule has 94 valence electrons. The molecule has 4 nitrogen and oxygen atoms in total. The molecule has 0 aliphatic carbocycles. The second-order valence-corrected chi connectivity index (χ2v) is 4.31. The minimum atomic E-state index is 0.573. The normalized spacial score (nSPS) is 15.3. The Balaban J connectivity index is 2.23. The Bertz CT molecular complexity index is 494. The lowest BCUT2D eigenvalue weighted by molar-refractivity contribution is -0.106. The molecule has 0 aromatic heterocycles. The van der Waals surface area contributed by atoms with Crippen LogP contribution in [0, 0.1) is 0 Å². The summed E-state index contributed by atoms with van der Waals surface area (Å²) in [5.41, 5.74) is 2.86. The Morgan fingerprint density at radius 1 is 1.50 bits per heavy atom. The van der Waals surface area contributed by atoms with E-state index in [2.05, 4.69) is 24.2 Å². The van der Waals surface area contributed by atoms with Gasteiger partial charge in [-0.2, -0.15) is 5.10 Å². The van der Waals surface area contributed by atoms with E-state index in [4.69, 9.17) is 0 Å². The van der Waals surface area contributed by atoms with Gasteiger partial charge in [0, 0.05) is 7.05 Å². The molecule has 0 saturated carbocycles. The van der Waals surface area contributed by atoms with Crippen LogP contribution in [0.2, 0.25) is 0 Å². The van der Waals surface area contributed by atoms with E-state index < -0.39 is 0 Å². The number of hydrazone groups is 1. The number of aryl methyl sites for hydroxylation is 1. The van der Waals surface area contributed by atoms with Gasteiger partial charge < -0.3 is 4.90 Å². The molecule has 1 heterocycles. The predicted molar refractivity (Wildman–Crippen MR) is 72.8 cm³/mol. The Hall–Kier alpha value is -2.10. The standard InChI is InChI=1S/C14H17N3O/c1-3-12-5-4-6-13(7-12)8-14(9-18)17-11-16(2)10-15-17/h4-10H,3,11H2,1-2H3/b14-8-. The fourth-order valence-corrected chi connectivity index (χ4v) is 1.83. The van der Waals surface area contributed by atoms with E-state index in [1.54, 1.807) is 11.3 Å². The molecule has 1 aromatic rings. The van der Waals surface area contributed by atoms with Crippen LogP contribution in [0.5, 0.6) is 0 Å². The number of hydrogen-bond acceptors (Lipinski definition) is 4. The minimum absolute atomic E-state index is 0.573. The molecule has 1 aliphatic heterocycles. The first-order valence-corrected chi connectivity index (χ1v) is 6.00. The molecule has 0 amide bonds. The van der Waals surface area contributed by atoms with E-state index in [1.807, 2.05) is 30.2 Å². The third kappa shape index (κ3) is 2.77. The molecule has 18 heavy (non-hydrogen) atoms. The first-order chi connectivity index (χ1) is 8.72. The summed E-state index contributed by atoms with van der Waals surface area (Å²) in [5, 5.41) is 5.85. The third-order valence-corrected chi connectivity index (χ3v) is 2.84. The van der Waals surface area contributed by atoms with Crippen LogP contribution in [-0.4, -0.2) is 36.2 Å². The molecule has 0 unspecified atom stereocenters. The summed E-state index contributed by atoms with van der Waals surface area (Å²) in [6, 6.07) is 8.17. The lowest BCUT2D eigenvalue weighted by Gasteiger charge is -2.15. The summed E-state index contributed by atoms with van der Waals surface area (Å²) < 4.78 is 0. The zero-order valence-corrected chi connectivity index (χ0v) is 10.7. The van der Waals surface area contributed by atoms with Crippen LogP contribution in [0.15, 0.2) is 35.1 Å². The number of benzene rings is 1. The lowest BCUT2D eigenvalue weighted by Crippen LogP contribution is -2.23. The Morgan fingerprint density at radius 3 is 2.94 bits per heavy atom. The quantitative estimate of drug-likeness (QED) is 0.599. The summed E-state index contributed by atoms with van der Waals surface area (Å²) >= 11 is 0. The van der Waals surface area contributed by atoms with Crippen molar-refractivity contribution in [3.8, 4) is 0 Å². The van der Waals surface area contributed by atoms with Crippen molar-refractivity contribution in [1.29, 1.82) is 0 Å². The van der Waals surface area contributed by atoms with Crippen molar-refractivity contribution in [3.63, 3.8) is 0 Å². The minimum Gasteiger partial charge on any atom is -0.345 e.